The third-order valence-electron chi connectivity index (χ3n) is 7.60. The van der Waals surface area contributed by atoms with Crippen molar-refractivity contribution in [2.75, 3.05) is 0 Å². The summed E-state index contributed by atoms with van der Waals surface area (Å²) in [5.74, 6) is 1.86. The Morgan fingerprint density at radius 3 is 2.59 bits per heavy atom. The first-order chi connectivity index (χ1) is 10.1. The minimum absolute atomic E-state index is 0.136. The highest BCUT2D eigenvalue weighted by Gasteiger charge is 2.56. The molecule has 1 N–H and O–H groups in total. The minimum atomic E-state index is -0.785. The average molecular weight is 306 g/mol. The first-order valence-electron chi connectivity index (χ1n) is 8.95. The number of aliphatic hydroxyl groups is 1. The highest BCUT2D eigenvalue weighted by atomic mass is 16.3. The molecule has 0 aromatic carbocycles. The van der Waals surface area contributed by atoms with Crippen molar-refractivity contribution < 1.29 is 9.90 Å². The Morgan fingerprint density at radius 2 is 2.00 bits per heavy atom. The summed E-state index contributed by atoms with van der Waals surface area (Å²) in [5, 5.41) is 10.3. The van der Waals surface area contributed by atoms with Gasteiger partial charge >= 0.3 is 0 Å². The van der Waals surface area contributed by atoms with E-state index in [-0.39, 0.29) is 16.7 Å². The zero-order valence-corrected chi connectivity index (χ0v) is 15.1. The first kappa shape index (κ1) is 17.7. The van der Waals surface area contributed by atoms with E-state index in [1.165, 1.54) is 12.8 Å². The van der Waals surface area contributed by atoms with Crippen LogP contribution in [0.2, 0.25) is 0 Å². The van der Waals surface area contributed by atoms with E-state index in [4.69, 9.17) is 0 Å². The Balaban J connectivity index is 2.28. The fourth-order valence-electron chi connectivity index (χ4n) is 5.22. The molecule has 2 fully saturated rings. The van der Waals surface area contributed by atoms with Crippen LogP contribution in [0.3, 0.4) is 0 Å². The second-order valence-corrected chi connectivity index (χ2v) is 8.79. The Morgan fingerprint density at radius 1 is 1.36 bits per heavy atom. The van der Waals surface area contributed by atoms with Crippen LogP contribution < -0.4 is 0 Å². The van der Waals surface area contributed by atoms with Gasteiger partial charge in [-0.15, -0.1) is 6.58 Å². The fraction of sp³-hybridized carbons (Fsp3) is 0.850. The first-order valence-corrected chi connectivity index (χ1v) is 8.95. The van der Waals surface area contributed by atoms with E-state index in [1.54, 1.807) is 6.08 Å². The Labute approximate surface area is 136 Å². The van der Waals surface area contributed by atoms with Crippen molar-refractivity contribution in [3.8, 4) is 0 Å². The van der Waals surface area contributed by atoms with Gasteiger partial charge in [0.15, 0.2) is 0 Å². The second kappa shape index (κ2) is 5.78. The van der Waals surface area contributed by atoms with Crippen molar-refractivity contribution in [2.45, 2.75) is 78.7 Å². The molecule has 22 heavy (non-hydrogen) atoms. The standard InChI is InChI=1S/C20H34O2/c1-7-18(4,22)12-13-19(5)14(2)10-11-20(6)15(3)16(21)8-9-17(19)20/h7,14-15,17,22H,1,8-13H2,2-6H3/t14-,15-,17-,18-,19+,20+/m1/s1. The molecule has 0 saturated heterocycles. The summed E-state index contributed by atoms with van der Waals surface area (Å²) < 4.78 is 0. The van der Waals surface area contributed by atoms with Gasteiger partial charge in [0.1, 0.15) is 5.78 Å². The van der Waals surface area contributed by atoms with Gasteiger partial charge in [0.05, 0.1) is 5.60 Å². The number of ketones is 1. The topological polar surface area (TPSA) is 37.3 Å². The van der Waals surface area contributed by atoms with Gasteiger partial charge < -0.3 is 5.11 Å². The fourth-order valence-corrected chi connectivity index (χ4v) is 5.22. The van der Waals surface area contributed by atoms with Crippen molar-refractivity contribution in [1.82, 2.24) is 0 Å². The third-order valence-corrected chi connectivity index (χ3v) is 7.60. The van der Waals surface area contributed by atoms with E-state index in [2.05, 4.69) is 34.3 Å². The normalized spacial score (nSPS) is 45.0. The zero-order valence-electron chi connectivity index (χ0n) is 15.1. The van der Waals surface area contributed by atoms with E-state index in [1.807, 2.05) is 6.92 Å². The van der Waals surface area contributed by atoms with Gasteiger partial charge in [0, 0.05) is 12.3 Å². The van der Waals surface area contributed by atoms with E-state index in [0.29, 0.717) is 17.6 Å². The zero-order chi connectivity index (χ0) is 16.8. The van der Waals surface area contributed by atoms with Gasteiger partial charge in [-0.1, -0.05) is 33.8 Å². The highest BCUT2D eigenvalue weighted by Crippen LogP contribution is 2.62. The molecule has 0 radical (unpaired) electrons. The number of fused-ring (bicyclic) bond motifs is 1. The van der Waals surface area contributed by atoms with Gasteiger partial charge in [-0.25, -0.2) is 0 Å². The van der Waals surface area contributed by atoms with E-state index < -0.39 is 5.60 Å². The van der Waals surface area contributed by atoms with Crippen molar-refractivity contribution in [3.05, 3.63) is 12.7 Å². The Bertz CT molecular complexity index is 453. The molecule has 2 aliphatic carbocycles. The molecule has 2 heteroatoms. The predicted octanol–water partition coefficient (Wildman–Crippen LogP) is 4.76. The number of carbonyl (C=O) groups is 1. The van der Waals surface area contributed by atoms with E-state index in [0.717, 1.165) is 25.7 Å². The summed E-state index contributed by atoms with van der Waals surface area (Å²) in [7, 11) is 0. The smallest absolute Gasteiger partial charge is 0.136 e. The lowest BCUT2D eigenvalue weighted by Crippen LogP contribution is -2.54. The maximum Gasteiger partial charge on any atom is 0.136 e. The lowest BCUT2D eigenvalue weighted by molar-refractivity contribution is -0.149. The Hall–Kier alpha value is -0.630. The number of carbonyl (C=O) groups excluding carboxylic acids is 1. The molecule has 0 amide bonds. The van der Waals surface area contributed by atoms with Gasteiger partial charge in [-0.2, -0.15) is 0 Å². The van der Waals surface area contributed by atoms with Crippen LogP contribution in [0.5, 0.6) is 0 Å². The number of hydrogen-bond acceptors (Lipinski definition) is 2. The second-order valence-electron chi connectivity index (χ2n) is 8.79. The summed E-state index contributed by atoms with van der Waals surface area (Å²) in [4.78, 5) is 12.3. The molecule has 2 nitrogen and oxygen atoms in total. The van der Waals surface area contributed by atoms with E-state index in [9.17, 15) is 9.90 Å². The van der Waals surface area contributed by atoms with Gasteiger partial charge in [0.25, 0.3) is 0 Å². The molecular formula is C20H34O2. The number of hydrogen-bond donors (Lipinski definition) is 1. The SMILES string of the molecule is C=C[C@@](C)(O)CC[C@]1(C)[C@H]2CCC(=O)[C@@H](C)[C@]2(C)CC[C@H]1C. The maximum atomic E-state index is 12.3. The van der Waals surface area contributed by atoms with Crippen LogP contribution in [0.15, 0.2) is 12.7 Å². The van der Waals surface area contributed by atoms with Gasteiger partial charge in [0.2, 0.25) is 0 Å². The molecule has 126 valence electrons. The molecule has 0 aromatic heterocycles. The summed E-state index contributed by atoms with van der Waals surface area (Å²) in [6, 6.07) is 0. The summed E-state index contributed by atoms with van der Waals surface area (Å²) >= 11 is 0. The van der Waals surface area contributed by atoms with Crippen LogP contribution in [-0.2, 0) is 4.79 Å². The number of rotatable bonds is 4. The molecule has 0 unspecified atom stereocenters. The monoisotopic (exact) mass is 306 g/mol. The van der Waals surface area contributed by atoms with Crippen LogP contribution in [0.25, 0.3) is 0 Å². The summed E-state index contributed by atoms with van der Waals surface area (Å²) in [6.45, 7) is 14.9. The average Bonchev–Trinajstić information content (AvgIpc) is 2.47. The lowest BCUT2D eigenvalue weighted by Gasteiger charge is -2.60. The van der Waals surface area contributed by atoms with Crippen LogP contribution in [0, 0.1) is 28.6 Å². The quantitative estimate of drug-likeness (QED) is 0.760. The van der Waals surface area contributed by atoms with Crippen LogP contribution in [-0.4, -0.2) is 16.5 Å². The molecule has 0 aromatic rings. The van der Waals surface area contributed by atoms with Crippen LogP contribution >= 0.6 is 0 Å². The molecule has 0 aliphatic heterocycles. The van der Waals surface area contributed by atoms with Crippen LogP contribution in [0.4, 0.5) is 0 Å². The van der Waals surface area contributed by atoms with Crippen LogP contribution in [0.1, 0.15) is 73.1 Å². The van der Waals surface area contributed by atoms with Crippen molar-refractivity contribution >= 4 is 5.78 Å². The molecule has 0 spiro atoms. The van der Waals surface area contributed by atoms with Crippen molar-refractivity contribution in [2.24, 2.45) is 28.6 Å². The molecule has 0 bridgehead atoms. The maximum absolute atomic E-state index is 12.3. The summed E-state index contributed by atoms with van der Waals surface area (Å²) in [5.41, 5.74) is -0.446. The van der Waals surface area contributed by atoms with E-state index >= 15 is 0 Å². The molecule has 0 heterocycles. The molecule has 2 saturated carbocycles. The Kier molecular flexibility index (Phi) is 4.65. The predicted molar refractivity (Wildman–Crippen MR) is 91.6 cm³/mol. The lowest BCUT2D eigenvalue weighted by atomic mass is 9.44. The van der Waals surface area contributed by atoms with Gasteiger partial charge in [-0.05, 0) is 61.7 Å². The molecular weight excluding hydrogens is 272 g/mol. The summed E-state index contributed by atoms with van der Waals surface area (Å²) in [6.07, 6.45) is 7.55. The third kappa shape index (κ3) is 2.79. The molecule has 2 rings (SSSR count). The molecule has 2 aliphatic rings. The van der Waals surface area contributed by atoms with Gasteiger partial charge in [-0.3, -0.25) is 4.79 Å². The largest absolute Gasteiger partial charge is 0.386 e. The highest BCUT2D eigenvalue weighted by molar-refractivity contribution is 5.82. The minimum Gasteiger partial charge on any atom is -0.386 e. The van der Waals surface area contributed by atoms with Crippen molar-refractivity contribution in [1.29, 1.82) is 0 Å². The number of Topliss-reactive ketones (excluding diaryl/α,β-unsaturated/α-hetero) is 1. The van der Waals surface area contributed by atoms with Crippen molar-refractivity contribution in [3.63, 3.8) is 0 Å². The molecule has 6 atom stereocenters.